The number of hydrogen-bond donors (Lipinski definition) is 0. The van der Waals surface area contributed by atoms with E-state index in [-0.39, 0.29) is 0 Å². The van der Waals surface area contributed by atoms with Crippen molar-refractivity contribution in [3.05, 3.63) is 24.3 Å². The zero-order chi connectivity index (χ0) is 10.6. The van der Waals surface area contributed by atoms with Gasteiger partial charge in [-0.25, -0.2) is 0 Å². The van der Waals surface area contributed by atoms with E-state index in [1.54, 1.807) is 0 Å². The van der Waals surface area contributed by atoms with E-state index in [1.807, 2.05) is 0 Å². The first-order chi connectivity index (χ1) is 6.77. The van der Waals surface area contributed by atoms with Crippen molar-refractivity contribution in [1.29, 1.82) is 0 Å². The van der Waals surface area contributed by atoms with E-state index in [0.717, 1.165) is 6.42 Å². The molecule has 0 aliphatic rings. The summed E-state index contributed by atoms with van der Waals surface area (Å²) in [5.74, 6) is 0.688. The van der Waals surface area contributed by atoms with Gasteiger partial charge in [0.25, 0.3) is 0 Å². The van der Waals surface area contributed by atoms with Crippen molar-refractivity contribution < 1.29 is 0 Å². The van der Waals surface area contributed by atoms with E-state index in [4.69, 9.17) is 0 Å². The van der Waals surface area contributed by atoms with E-state index in [9.17, 15) is 0 Å². The molecule has 0 bridgehead atoms. The lowest BCUT2D eigenvalue weighted by atomic mass is 10.1. The Balaban J connectivity index is 3.19. The van der Waals surface area contributed by atoms with Gasteiger partial charge < -0.3 is 0 Å². The summed E-state index contributed by atoms with van der Waals surface area (Å²) >= 11 is 0. The van der Waals surface area contributed by atoms with Crippen molar-refractivity contribution >= 4 is 0 Å². The van der Waals surface area contributed by atoms with Crippen LogP contribution < -0.4 is 0 Å². The van der Waals surface area contributed by atoms with Gasteiger partial charge in [-0.15, -0.1) is 0 Å². The fourth-order valence-corrected chi connectivity index (χ4v) is 1.33. The van der Waals surface area contributed by atoms with E-state index in [2.05, 4.69) is 45.1 Å². The van der Waals surface area contributed by atoms with Gasteiger partial charge in [0.15, 0.2) is 0 Å². The minimum absolute atomic E-state index is 0.688. The molecule has 0 aromatic rings. The molecule has 0 heterocycles. The maximum Gasteiger partial charge on any atom is -0.0169 e. The van der Waals surface area contributed by atoms with E-state index in [1.165, 1.54) is 32.1 Å². The van der Waals surface area contributed by atoms with Gasteiger partial charge in [-0.1, -0.05) is 64.3 Å². The number of unbranched alkanes of at least 4 members (excludes halogenated alkanes) is 4. The van der Waals surface area contributed by atoms with Crippen molar-refractivity contribution in [1.82, 2.24) is 0 Å². The summed E-state index contributed by atoms with van der Waals surface area (Å²) in [5, 5.41) is 0. The molecule has 0 aliphatic heterocycles. The maximum atomic E-state index is 2.32. The molecule has 0 unspecified atom stereocenters. The molecular weight excluding hydrogens is 168 g/mol. The van der Waals surface area contributed by atoms with Gasteiger partial charge in [0.1, 0.15) is 0 Å². The molecule has 0 aromatic heterocycles. The molecule has 0 N–H and O–H groups in total. The second-order valence-electron chi connectivity index (χ2n) is 4.23. The topological polar surface area (TPSA) is 0 Å². The minimum atomic E-state index is 0.688. The van der Waals surface area contributed by atoms with Crippen molar-refractivity contribution in [3.8, 4) is 0 Å². The second kappa shape index (κ2) is 10.6. The molecule has 0 nitrogen and oxygen atoms in total. The summed E-state index contributed by atoms with van der Waals surface area (Å²) in [6, 6.07) is 0. The smallest absolute Gasteiger partial charge is 0.0169 e. The highest BCUT2D eigenvalue weighted by Gasteiger charge is 1.84. The van der Waals surface area contributed by atoms with Crippen LogP contribution in [0.3, 0.4) is 0 Å². The van der Waals surface area contributed by atoms with E-state index >= 15 is 0 Å². The van der Waals surface area contributed by atoms with Crippen LogP contribution in [0.15, 0.2) is 24.3 Å². The summed E-state index contributed by atoms with van der Waals surface area (Å²) in [7, 11) is 0. The largest absolute Gasteiger partial charge is 0.0882 e. The summed E-state index contributed by atoms with van der Waals surface area (Å²) in [6.07, 6.45) is 17.0. The monoisotopic (exact) mass is 194 g/mol. The quantitative estimate of drug-likeness (QED) is 0.372. The fraction of sp³-hybridized carbons (Fsp3) is 0.714. The van der Waals surface area contributed by atoms with Crippen molar-refractivity contribution in [3.63, 3.8) is 0 Å². The van der Waals surface area contributed by atoms with Crippen LogP contribution in [-0.4, -0.2) is 0 Å². The fourth-order valence-electron chi connectivity index (χ4n) is 1.33. The Labute approximate surface area is 90.1 Å². The molecule has 0 saturated carbocycles. The Bertz CT molecular complexity index is 151. The van der Waals surface area contributed by atoms with Gasteiger partial charge in [-0.2, -0.15) is 0 Å². The first-order valence-corrected chi connectivity index (χ1v) is 6.09. The third kappa shape index (κ3) is 11.5. The van der Waals surface area contributed by atoms with Crippen LogP contribution in [0.5, 0.6) is 0 Å². The predicted octanol–water partition coefficient (Wildman–Crippen LogP) is 5.12. The van der Waals surface area contributed by atoms with Gasteiger partial charge >= 0.3 is 0 Å². The Hall–Kier alpha value is -0.520. The highest BCUT2D eigenvalue weighted by molar-refractivity contribution is 4.93. The first kappa shape index (κ1) is 13.5. The van der Waals surface area contributed by atoms with Crippen LogP contribution >= 0.6 is 0 Å². The SMILES string of the molecule is CCCCCC/C=C\C/C=C\C(C)C. The van der Waals surface area contributed by atoms with Crippen molar-refractivity contribution in [2.45, 2.75) is 59.3 Å². The molecular formula is C14H26. The second-order valence-corrected chi connectivity index (χ2v) is 4.23. The standard InChI is InChI=1S/C14H26/c1-4-5-6-7-8-9-10-11-12-13-14(2)3/h9-10,12-14H,4-8,11H2,1-3H3/b10-9-,13-12-. The molecule has 14 heavy (non-hydrogen) atoms. The minimum Gasteiger partial charge on any atom is -0.0882 e. The molecule has 0 aromatic carbocycles. The van der Waals surface area contributed by atoms with Gasteiger partial charge in [-0.05, 0) is 25.2 Å². The first-order valence-electron chi connectivity index (χ1n) is 6.09. The lowest BCUT2D eigenvalue weighted by molar-refractivity contribution is 0.674. The lowest BCUT2D eigenvalue weighted by Gasteiger charge is -1.94. The van der Waals surface area contributed by atoms with Crippen LogP contribution in [0.1, 0.15) is 59.3 Å². The van der Waals surface area contributed by atoms with Crippen LogP contribution in [0.25, 0.3) is 0 Å². The Morgan fingerprint density at radius 1 is 0.929 bits per heavy atom. The summed E-state index contributed by atoms with van der Waals surface area (Å²) in [6.45, 7) is 6.68. The number of allylic oxidation sites excluding steroid dienone is 4. The van der Waals surface area contributed by atoms with Crippen LogP contribution in [-0.2, 0) is 0 Å². The molecule has 82 valence electrons. The molecule has 0 saturated heterocycles. The summed E-state index contributed by atoms with van der Waals surface area (Å²) < 4.78 is 0. The number of hydrogen-bond acceptors (Lipinski definition) is 0. The van der Waals surface area contributed by atoms with Gasteiger partial charge in [0.05, 0.1) is 0 Å². The molecule has 0 rings (SSSR count). The third-order valence-corrected chi connectivity index (χ3v) is 2.18. The maximum absolute atomic E-state index is 2.32. The van der Waals surface area contributed by atoms with Crippen LogP contribution in [0.4, 0.5) is 0 Å². The zero-order valence-corrected chi connectivity index (χ0v) is 10.1. The van der Waals surface area contributed by atoms with Gasteiger partial charge in [0.2, 0.25) is 0 Å². The molecule has 0 heteroatoms. The zero-order valence-electron chi connectivity index (χ0n) is 10.1. The molecule has 0 radical (unpaired) electrons. The van der Waals surface area contributed by atoms with Crippen molar-refractivity contribution in [2.24, 2.45) is 5.92 Å². The van der Waals surface area contributed by atoms with Crippen LogP contribution in [0, 0.1) is 5.92 Å². The number of rotatable bonds is 8. The van der Waals surface area contributed by atoms with E-state index < -0.39 is 0 Å². The highest BCUT2D eigenvalue weighted by Crippen LogP contribution is 2.03. The average Bonchev–Trinajstić information content (AvgIpc) is 2.15. The summed E-state index contributed by atoms with van der Waals surface area (Å²) in [5.41, 5.74) is 0. The van der Waals surface area contributed by atoms with Crippen molar-refractivity contribution in [2.75, 3.05) is 0 Å². The molecule has 0 spiro atoms. The normalized spacial score (nSPS) is 12.3. The molecule has 0 amide bonds. The Kier molecular flexibility index (Phi) is 10.2. The molecule has 0 atom stereocenters. The summed E-state index contributed by atoms with van der Waals surface area (Å²) in [4.78, 5) is 0. The van der Waals surface area contributed by atoms with E-state index in [0.29, 0.717) is 5.92 Å². The van der Waals surface area contributed by atoms with Gasteiger partial charge in [0, 0.05) is 0 Å². The third-order valence-electron chi connectivity index (χ3n) is 2.18. The predicted molar refractivity (Wildman–Crippen MR) is 66.5 cm³/mol. The molecule has 0 fully saturated rings. The highest BCUT2D eigenvalue weighted by atomic mass is 13.9. The lowest BCUT2D eigenvalue weighted by Crippen LogP contribution is -1.76. The molecule has 0 aliphatic carbocycles. The van der Waals surface area contributed by atoms with Crippen LogP contribution in [0.2, 0.25) is 0 Å². The van der Waals surface area contributed by atoms with Gasteiger partial charge in [-0.3, -0.25) is 0 Å². The average molecular weight is 194 g/mol. The Morgan fingerprint density at radius 3 is 2.36 bits per heavy atom. The Morgan fingerprint density at radius 2 is 1.71 bits per heavy atom.